The van der Waals surface area contributed by atoms with Crippen LogP contribution in [0.2, 0.25) is 5.02 Å². The van der Waals surface area contributed by atoms with Crippen LogP contribution in [0.1, 0.15) is 48.1 Å². The first-order valence-corrected chi connectivity index (χ1v) is 14.9. The fourth-order valence-corrected chi connectivity index (χ4v) is 7.31. The molecular weight excluding hydrogens is 581 g/mol. The summed E-state index contributed by atoms with van der Waals surface area (Å²) in [6.07, 6.45) is 2.76. The van der Waals surface area contributed by atoms with Crippen molar-refractivity contribution in [1.82, 2.24) is 19.8 Å². The summed E-state index contributed by atoms with van der Waals surface area (Å²) in [4.78, 5) is 27.5. The molecule has 6 rings (SSSR count). The summed E-state index contributed by atoms with van der Waals surface area (Å²) in [5.41, 5.74) is 0.680. The highest BCUT2D eigenvalue weighted by Crippen LogP contribution is 2.56. The molecule has 2 saturated heterocycles. The summed E-state index contributed by atoms with van der Waals surface area (Å²) in [5.74, 6) is -3.12. The first-order valence-electron chi connectivity index (χ1n) is 14.5. The lowest BCUT2D eigenvalue weighted by atomic mass is 9.69. The number of carbonyl (C=O) groups excluding carboxylic acids is 1. The number of piperazine rings is 1. The lowest BCUT2D eigenvalue weighted by molar-refractivity contribution is -0.131. The molecule has 1 amide bonds. The highest BCUT2D eigenvalue weighted by molar-refractivity contribution is 6.32. The van der Waals surface area contributed by atoms with Crippen molar-refractivity contribution >= 4 is 29.2 Å². The van der Waals surface area contributed by atoms with Crippen molar-refractivity contribution in [3.63, 3.8) is 0 Å². The molecule has 0 radical (unpaired) electrons. The summed E-state index contributed by atoms with van der Waals surface area (Å²) in [5, 5.41) is 9.62. The summed E-state index contributed by atoms with van der Waals surface area (Å²) < 4.78 is 51.0. The standard InChI is InChI=1S/C31H32ClF3N6O2/c1-18(33)29(42)41-14-13-40(16-19(41)9-11-36)28-21-8-10-31(22-6-3-7-23(32)25(22)26(34)27(31)35)15-24(21)37-30(38-28)43-17-20-5-4-12-39(20)2/h3,6-7,19-20H,1,4-5,8-10,12-17H2,2H3/t19-,20-,31?/m0/s1. The number of likely N-dealkylation sites (N-methyl/N-ethyl adjacent to an activating group) is 1. The predicted molar refractivity (Wildman–Crippen MR) is 156 cm³/mol. The third-order valence-corrected chi connectivity index (χ3v) is 9.68. The molecule has 12 heteroatoms. The van der Waals surface area contributed by atoms with Gasteiger partial charge in [0.05, 0.1) is 34.7 Å². The Balaban J connectivity index is 1.38. The number of amides is 1. The molecule has 43 heavy (non-hydrogen) atoms. The second-order valence-electron chi connectivity index (χ2n) is 11.8. The molecule has 2 aliphatic heterocycles. The largest absolute Gasteiger partial charge is 0.462 e. The average molecular weight is 613 g/mol. The number of hydrogen-bond donors (Lipinski definition) is 0. The Morgan fingerprint density at radius 3 is 2.79 bits per heavy atom. The Morgan fingerprint density at radius 2 is 2.07 bits per heavy atom. The van der Waals surface area contributed by atoms with Crippen molar-refractivity contribution in [2.45, 2.75) is 56.0 Å². The number of hydrogen-bond acceptors (Lipinski definition) is 7. The number of anilines is 1. The van der Waals surface area contributed by atoms with Gasteiger partial charge >= 0.3 is 6.01 Å². The number of benzene rings is 1. The zero-order valence-electron chi connectivity index (χ0n) is 23.9. The van der Waals surface area contributed by atoms with Crippen molar-refractivity contribution in [2.75, 3.05) is 44.7 Å². The van der Waals surface area contributed by atoms with Crippen LogP contribution in [0.15, 0.2) is 36.4 Å². The molecule has 2 fully saturated rings. The summed E-state index contributed by atoms with van der Waals surface area (Å²) in [7, 11) is 2.04. The summed E-state index contributed by atoms with van der Waals surface area (Å²) in [6, 6.07) is 6.81. The SMILES string of the molecule is C=C(F)C(=O)N1CCN(c2nc(OC[C@@H]3CCCN3C)nc3c2CCC2(C3)C(F)=C(F)c3c(Cl)cccc32)C[C@@H]1CC#N. The van der Waals surface area contributed by atoms with E-state index in [0.29, 0.717) is 36.6 Å². The van der Waals surface area contributed by atoms with Gasteiger partial charge in [0.25, 0.3) is 5.91 Å². The first-order chi connectivity index (χ1) is 20.6. The third kappa shape index (κ3) is 5.04. The summed E-state index contributed by atoms with van der Waals surface area (Å²) in [6.45, 7) is 5.19. The van der Waals surface area contributed by atoms with Crippen LogP contribution in [0.3, 0.4) is 0 Å². The zero-order valence-corrected chi connectivity index (χ0v) is 24.6. The van der Waals surface area contributed by atoms with Crippen LogP contribution in [-0.2, 0) is 23.1 Å². The second kappa shape index (κ2) is 11.5. The van der Waals surface area contributed by atoms with Gasteiger partial charge in [0.1, 0.15) is 18.3 Å². The molecular formula is C31H32ClF3N6O2. The molecule has 1 aromatic carbocycles. The Bertz CT molecular complexity index is 1560. The number of nitriles is 1. The number of carbonyl (C=O) groups is 1. The molecule has 0 saturated carbocycles. The van der Waals surface area contributed by atoms with Gasteiger partial charge in [0.15, 0.2) is 11.7 Å². The van der Waals surface area contributed by atoms with Crippen LogP contribution >= 0.6 is 11.6 Å². The van der Waals surface area contributed by atoms with Gasteiger partial charge in [-0.1, -0.05) is 30.3 Å². The molecule has 2 aliphatic carbocycles. The molecule has 2 aromatic rings. The van der Waals surface area contributed by atoms with E-state index < -0.39 is 34.8 Å². The van der Waals surface area contributed by atoms with Crippen molar-refractivity contribution in [1.29, 1.82) is 5.26 Å². The van der Waals surface area contributed by atoms with Crippen LogP contribution in [0, 0.1) is 11.3 Å². The monoisotopic (exact) mass is 612 g/mol. The number of rotatable bonds is 6. The molecule has 3 atom stereocenters. The van der Waals surface area contributed by atoms with Crippen molar-refractivity contribution in [3.05, 3.63) is 63.8 Å². The number of fused-ring (bicyclic) bond motifs is 3. The topological polar surface area (TPSA) is 85.6 Å². The van der Waals surface area contributed by atoms with E-state index in [0.717, 1.165) is 24.9 Å². The van der Waals surface area contributed by atoms with Crippen molar-refractivity contribution in [3.8, 4) is 12.1 Å². The number of halogens is 4. The molecule has 8 nitrogen and oxygen atoms in total. The van der Waals surface area contributed by atoms with Crippen molar-refractivity contribution in [2.24, 2.45) is 0 Å². The number of ether oxygens (including phenoxy) is 1. The Labute approximate surface area is 253 Å². The Morgan fingerprint density at radius 1 is 1.26 bits per heavy atom. The lowest BCUT2D eigenvalue weighted by Gasteiger charge is -2.42. The number of likely N-dealkylation sites (tertiary alicyclic amines) is 1. The molecule has 3 heterocycles. The smallest absolute Gasteiger partial charge is 0.318 e. The maximum Gasteiger partial charge on any atom is 0.318 e. The minimum Gasteiger partial charge on any atom is -0.462 e. The third-order valence-electron chi connectivity index (χ3n) is 9.36. The zero-order chi connectivity index (χ0) is 30.5. The van der Waals surface area contributed by atoms with Crippen LogP contribution in [0.25, 0.3) is 5.83 Å². The fraction of sp³-hybridized carbons (Fsp3) is 0.484. The minimum atomic E-state index is -1.25. The van der Waals surface area contributed by atoms with Crippen LogP contribution < -0.4 is 9.64 Å². The highest BCUT2D eigenvalue weighted by Gasteiger charge is 2.50. The van der Waals surface area contributed by atoms with Gasteiger partial charge in [0.2, 0.25) is 0 Å². The van der Waals surface area contributed by atoms with Gasteiger partial charge in [-0.25, -0.2) is 13.2 Å². The number of aromatic nitrogens is 2. The Hall–Kier alpha value is -3.62. The normalized spacial score (nSPS) is 25.1. The van der Waals surface area contributed by atoms with E-state index in [1.165, 1.54) is 4.90 Å². The number of nitrogens with zero attached hydrogens (tertiary/aromatic N) is 6. The fourth-order valence-electron chi connectivity index (χ4n) is 7.05. The van der Waals surface area contributed by atoms with Crippen LogP contribution in [-0.4, -0.2) is 77.6 Å². The van der Waals surface area contributed by atoms with E-state index in [9.17, 15) is 14.4 Å². The van der Waals surface area contributed by atoms with Gasteiger partial charge < -0.3 is 19.4 Å². The van der Waals surface area contributed by atoms with E-state index in [2.05, 4.69) is 17.5 Å². The van der Waals surface area contributed by atoms with Gasteiger partial charge in [-0.05, 0) is 50.9 Å². The number of allylic oxidation sites excluding steroid dienone is 1. The van der Waals surface area contributed by atoms with E-state index in [1.807, 2.05) is 11.9 Å². The maximum absolute atomic E-state index is 15.8. The maximum atomic E-state index is 15.8. The quantitative estimate of drug-likeness (QED) is 0.421. The van der Waals surface area contributed by atoms with E-state index in [1.54, 1.807) is 18.2 Å². The van der Waals surface area contributed by atoms with E-state index in [4.69, 9.17) is 26.3 Å². The molecule has 0 N–H and O–H groups in total. The molecule has 1 spiro atoms. The van der Waals surface area contributed by atoms with E-state index in [-0.39, 0.29) is 55.0 Å². The summed E-state index contributed by atoms with van der Waals surface area (Å²) >= 11 is 6.32. The van der Waals surface area contributed by atoms with Gasteiger partial charge in [-0.2, -0.15) is 15.2 Å². The van der Waals surface area contributed by atoms with Crippen LogP contribution in [0.4, 0.5) is 19.0 Å². The first kappa shape index (κ1) is 29.5. The van der Waals surface area contributed by atoms with E-state index >= 15 is 8.78 Å². The highest BCUT2D eigenvalue weighted by atomic mass is 35.5. The second-order valence-corrected chi connectivity index (χ2v) is 12.2. The van der Waals surface area contributed by atoms with Gasteiger partial charge in [-0.3, -0.25) is 4.79 Å². The molecule has 4 aliphatic rings. The molecule has 0 bridgehead atoms. The molecule has 226 valence electrons. The van der Waals surface area contributed by atoms with Gasteiger partial charge in [0, 0.05) is 43.2 Å². The van der Waals surface area contributed by atoms with Gasteiger partial charge in [-0.15, -0.1) is 0 Å². The minimum absolute atomic E-state index is 0.00387. The molecule has 1 unspecified atom stereocenters. The van der Waals surface area contributed by atoms with Crippen molar-refractivity contribution < 1.29 is 22.7 Å². The lowest BCUT2D eigenvalue weighted by Crippen LogP contribution is -2.55. The van der Waals surface area contributed by atoms with Crippen LogP contribution in [0.5, 0.6) is 6.01 Å². The predicted octanol–water partition coefficient (Wildman–Crippen LogP) is 5.06. The average Bonchev–Trinajstić information content (AvgIpc) is 3.50. The Kier molecular flexibility index (Phi) is 7.86. The molecule has 1 aromatic heterocycles.